The van der Waals surface area contributed by atoms with E-state index in [1.54, 1.807) is 30.1 Å². The van der Waals surface area contributed by atoms with Crippen molar-refractivity contribution in [2.24, 2.45) is 0 Å². The quantitative estimate of drug-likeness (QED) is 0.556. The number of nitrogens with one attached hydrogen (secondary N) is 2. The molecule has 3 aliphatic heterocycles. The van der Waals surface area contributed by atoms with Gasteiger partial charge in [-0.1, -0.05) is 0 Å². The van der Waals surface area contributed by atoms with Crippen LogP contribution >= 0.6 is 0 Å². The maximum atomic E-state index is 13.2. The molecule has 192 valence electrons. The Morgan fingerprint density at radius 3 is 2.74 bits per heavy atom. The highest BCUT2D eigenvalue weighted by atomic mass is 16.5. The molecule has 2 fully saturated rings. The van der Waals surface area contributed by atoms with Crippen LogP contribution in [0.3, 0.4) is 0 Å². The van der Waals surface area contributed by atoms with E-state index in [2.05, 4.69) is 15.5 Å². The first-order valence-electron chi connectivity index (χ1n) is 12.4. The summed E-state index contributed by atoms with van der Waals surface area (Å²) in [6.07, 6.45) is 2.11. The average Bonchev–Trinajstić information content (AvgIpc) is 2.85. The first-order chi connectivity index (χ1) is 16.9. The van der Waals surface area contributed by atoms with Gasteiger partial charge in [0.1, 0.15) is 18.5 Å². The Kier molecular flexibility index (Phi) is 8.59. The van der Waals surface area contributed by atoms with Crippen LogP contribution in [0, 0.1) is 0 Å². The van der Waals surface area contributed by atoms with Gasteiger partial charge in [0.2, 0.25) is 11.8 Å². The zero-order valence-electron chi connectivity index (χ0n) is 20.6. The lowest BCUT2D eigenvalue weighted by atomic mass is 9.94. The Balaban J connectivity index is 1.28. The SMILES string of the molecule is CC(=O)Nc1ccc2c(c1)C(=O)N(C)[C@H]1CC[C@@H](CC(=O)NCCCN3CCOCC3)O[C@H]1CO2. The summed E-state index contributed by atoms with van der Waals surface area (Å²) in [5.74, 6) is 0.0630. The lowest BCUT2D eigenvalue weighted by Gasteiger charge is -2.42. The highest BCUT2D eigenvalue weighted by Gasteiger charge is 2.39. The number of carbonyl (C=O) groups excluding carboxylic acids is 3. The molecule has 4 rings (SSSR count). The Hall–Kier alpha value is -2.69. The number of anilines is 1. The molecule has 0 aliphatic carbocycles. The summed E-state index contributed by atoms with van der Waals surface area (Å²) in [4.78, 5) is 41.1. The lowest BCUT2D eigenvalue weighted by molar-refractivity contribution is -0.134. The van der Waals surface area contributed by atoms with E-state index in [1.807, 2.05) is 0 Å². The Bertz CT molecular complexity index is 919. The number of nitrogens with zero attached hydrogens (tertiary/aromatic N) is 2. The third-order valence-electron chi connectivity index (χ3n) is 6.82. The zero-order chi connectivity index (χ0) is 24.8. The van der Waals surface area contributed by atoms with Gasteiger partial charge in [0.15, 0.2) is 0 Å². The smallest absolute Gasteiger partial charge is 0.257 e. The van der Waals surface area contributed by atoms with Crippen molar-refractivity contribution in [2.45, 2.75) is 50.9 Å². The predicted molar refractivity (Wildman–Crippen MR) is 130 cm³/mol. The van der Waals surface area contributed by atoms with Crippen LogP contribution in [0.5, 0.6) is 5.75 Å². The number of likely N-dealkylation sites (N-methyl/N-ethyl adjacent to an activating group) is 1. The summed E-state index contributed by atoms with van der Waals surface area (Å²) in [5, 5.41) is 5.72. The molecule has 3 heterocycles. The number of fused-ring (bicyclic) bond motifs is 2. The molecule has 3 atom stereocenters. The van der Waals surface area contributed by atoms with Gasteiger partial charge >= 0.3 is 0 Å². The van der Waals surface area contributed by atoms with Crippen molar-refractivity contribution in [3.8, 4) is 5.75 Å². The van der Waals surface area contributed by atoms with Crippen LogP contribution in [0.25, 0.3) is 0 Å². The molecule has 3 amide bonds. The second-order valence-electron chi connectivity index (χ2n) is 9.42. The molecule has 0 bridgehead atoms. The maximum absolute atomic E-state index is 13.2. The molecular weight excluding hydrogens is 452 g/mol. The first kappa shape index (κ1) is 25.4. The number of morpholine rings is 1. The number of rotatable bonds is 7. The number of benzene rings is 1. The topological polar surface area (TPSA) is 109 Å². The largest absolute Gasteiger partial charge is 0.490 e. The number of hydrogen-bond acceptors (Lipinski definition) is 7. The molecule has 35 heavy (non-hydrogen) atoms. The van der Waals surface area contributed by atoms with Gasteiger partial charge in [0, 0.05) is 39.3 Å². The summed E-state index contributed by atoms with van der Waals surface area (Å²) in [5.41, 5.74) is 0.963. The molecule has 0 aromatic heterocycles. The number of ether oxygens (including phenoxy) is 3. The normalized spacial score (nSPS) is 24.9. The van der Waals surface area contributed by atoms with Crippen LogP contribution in [0.2, 0.25) is 0 Å². The molecule has 0 saturated carbocycles. The standard InChI is InChI=1S/C25H36N4O6/c1-17(30)27-18-4-7-22-20(14-18)25(32)28(2)21-6-5-19(35-23(21)16-34-22)15-24(31)26-8-3-9-29-10-12-33-13-11-29/h4,7,14,19,21,23H,3,5-6,8-13,15-16H2,1-2H3,(H,26,31)(H,27,30)/t19-,21-,23-/m0/s1. The van der Waals surface area contributed by atoms with E-state index in [0.717, 1.165) is 45.7 Å². The van der Waals surface area contributed by atoms with E-state index in [0.29, 0.717) is 36.4 Å². The fourth-order valence-corrected chi connectivity index (χ4v) is 4.94. The number of amides is 3. The average molecular weight is 489 g/mol. The van der Waals surface area contributed by atoms with E-state index >= 15 is 0 Å². The van der Waals surface area contributed by atoms with Crippen LogP contribution in [-0.2, 0) is 19.1 Å². The van der Waals surface area contributed by atoms with E-state index < -0.39 is 0 Å². The molecule has 0 radical (unpaired) electrons. The molecule has 0 spiro atoms. The molecule has 1 aromatic rings. The van der Waals surface area contributed by atoms with E-state index in [4.69, 9.17) is 14.2 Å². The minimum atomic E-state index is -0.319. The summed E-state index contributed by atoms with van der Waals surface area (Å²) in [6.45, 7) is 6.77. The Morgan fingerprint density at radius 2 is 1.97 bits per heavy atom. The number of carbonyl (C=O) groups is 3. The van der Waals surface area contributed by atoms with Crippen molar-refractivity contribution in [3.05, 3.63) is 23.8 Å². The second-order valence-corrected chi connectivity index (χ2v) is 9.42. The van der Waals surface area contributed by atoms with E-state index in [1.165, 1.54) is 6.92 Å². The van der Waals surface area contributed by atoms with Crippen molar-refractivity contribution in [3.63, 3.8) is 0 Å². The van der Waals surface area contributed by atoms with Gasteiger partial charge in [0.25, 0.3) is 5.91 Å². The van der Waals surface area contributed by atoms with Crippen molar-refractivity contribution in [1.29, 1.82) is 0 Å². The van der Waals surface area contributed by atoms with Crippen molar-refractivity contribution >= 4 is 23.4 Å². The van der Waals surface area contributed by atoms with Crippen molar-refractivity contribution < 1.29 is 28.6 Å². The molecule has 2 N–H and O–H groups in total. The molecule has 1 aromatic carbocycles. The zero-order valence-corrected chi connectivity index (χ0v) is 20.6. The third kappa shape index (κ3) is 6.71. The van der Waals surface area contributed by atoms with Crippen LogP contribution < -0.4 is 15.4 Å². The minimum absolute atomic E-state index is 0.0116. The maximum Gasteiger partial charge on any atom is 0.257 e. The minimum Gasteiger partial charge on any atom is -0.490 e. The van der Waals surface area contributed by atoms with Gasteiger partial charge in [0.05, 0.1) is 37.3 Å². The molecule has 10 heteroatoms. The second kappa shape index (κ2) is 11.8. The molecule has 10 nitrogen and oxygen atoms in total. The van der Waals surface area contributed by atoms with Gasteiger partial charge in [-0.05, 0) is 44.0 Å². The van der Waals surface area contributed by atoms with Crippen LogP contribution in [0.15, 0.2) is 18.2 Å². The van der Waals surface area contributed by atoms with Gasteiger partial charge in [-0.2, -0.15) is 0 Å². The summed E-state index contributed by atoms with van der Waals surface area (Å²) >= 11 is 0. The van der Waals surface area contributed by atoms with Gasteiger partial charge < -0.3 is 29.7 Å². The molecule has 0 unspecified atom stereocenters. The van der Waals surface area contributed by atoms with Crippen LogP contribution in [0.4, 0.5) is 5.69 Å². The fraction of sp³-hybridized carbons (Fsp3) is 0.640. The van der Waals surface area contributed by atoms with E-state index in [-0.39, 0.29) is 42.6 Å². The summed E-state index contributed by atoms with van der Waals surface area (Å²) in [7, 11) is 1.77. The van der Waals surface area contributed by atoms with Gasteiger partial charge in [-0.3, -0.25) is 19.3 Å². The summed E-state index contributed by atoms with van der Waals surface area (Å²) < 4.78 is 17.6. The summed E-state index contributed by atoms with van der Waals surface area (Å²) in [6, 6.07) is 4.90. The van der Waals surface area contributed by atoms with Crippen molar-refractivity contribution in [2.75, 3.05) is 58.4 Å². The van der Waals surface area contributed by atoms with Crippen molar-refractivity contribution in [1.82, 2.24) is 15.1 Å². The Morgan fingerprint density at radius 1 is 1.17 bits per heavy atom. The molecule has 3 aliphatic rings. The van der Waals surface area contributed by atoms with Gasteiger partial charge in [-0.15, -0.1) is 0 Å². The lowest BCUT2D eigenvalue weighted by Crippen LogP contribution is -2.54. The van der Waals surface area contributed by atoms with E-state index in [9.17, 15) is 14.4 Å². The monoisotopic (exact) mass is 488 g/mol. The number of hydrogen-bond donors (Lipinski definition) is 2. The highest BCUT2D eigenvalue weighted by molar-refractivity contribution is 5.99. The fourth-order valence-electron chi connectivity index (χ4n) is 4.94. The van der Waals surface area contributed by atoms with Crippen LogP contribution in [0.1, 0.15) is 43.0 Å². The predicted octanol–water partition coefficient (Wildman–Crippen LogP) is 1.25. The third-order valence-corrected chi connectivity index (χ3v) is 6.82. The molecule has 2 saturated heterocycles. The molecular formula is C25H36N4O6. The Labute approximate surface area is 206 Å². The van der Waals surface area contributed by atoms with Gasteiger partial charge in [-0.25, -0.2) is 0 Å². The first-order valence-corrected chi connectivity index (χ1v) is 12.4. The highest BCUT2D eigenvalue weighted by Crippen LogP contribution is 2.32. The van der Waals surface area contributed by atoms with Crippen LogP contribution in [-0.4, -0.2) is 98.8 Å².